The number of carbonyl (C=O) groups is 1. The molecule has 26 heavy (non-hydrogen) atoms. The van der Waals surface area contributed by atoms with Gasteiger partial charge in [0, 0.05) is 10.1 Å². The number of benzene rings is 2. The molecule has 1 fully saturated rings. The lowest BCUT2D eigenvalue weighted by atomic mass is 10.1. The fraction of sp³-hybridized carbons (Fsp3) is 0.350. The number of ether oxygens (including phenoxy) is 3. The summed E-state index contributed by atoms with van der Waals surface area (Å²) < 4.78 is 17.6. The van der Waals surface area contributed by atoms with Gasteiger partial charge in [0.25, 0.3) is 5.91 Å². The number of amides is 1. The first-order chi connectivity index (χ1) is 12.5. The molecule has 0 radical (unpaired) electrons. The topological polar surface area (TPSA) is 48.0 Å². The second kappa shape index (κ2) is 8.26. The number of morpholine rings is 1. The van der Waals surface area contributed by atoms with E-state index in [4.69, 9.17) is 14.2 Å². The standard InChI is InChI=1S/C20H22INO4/c1-13-11-22(12-19(26-13)14-7-5-4-6-8-14)20(23)15-9-17(24-2)18(25-3)10-16(15)21/h4-10,13,19H,11-12H2,1-3H3. The molecule has 2 aromatic carbocycles. The van der Waals surface area contributed by atoms with Crippen LogP contribution < -0.4 is 9.47 Å². The number of hydrogen-bond acceptors (Lipinski definition) is 4. The first kappa shape index (κ1) is 19.0. The summed E-state index contributed by atoms with van der Waals surface area (Å²) in [6.45, 7) is 3.08. The molecule has 3 rings (SSSR count). The summed E-state index contributed by atoms with van der Waals surface area (Å²) in [7, 11) is 3.16. The van der Waals surface area contributed by atoms with Gasteiger partial charge in [0.15, 0.2) is 11.5 Å². The smallest absolute Gasteiger partial charge is 0.255 e. The van der Waals surface area contributed by atoms with Crippen molar-refractivity contribution < 1.29 is 19.0 Å². The van der Waals surface area contributed by atoms with Crippen molar-refractivity contribution in [3.05, 3.63) is 57.2 Å². The number of hydrogen-bond donors (Lipinski definition) is 0. The summed E-state index contributed by atoms with van der Waals surface area (Å²) in [6.07, 6.45) is -0.155. The van der Waals surface area contributed by atoms with Crippen molar-refractivity contribution >= 4 is 28.5 Å². The van der Waals surface area contributed by atoms with E-state index < -0.39 is 0 Å². The molecule has 138 valence electrons. The molecule has 1 aliphatic rings. The summed E-state index contributed by atoms with van der Waals surface area (Å²) in [5.74, 6) is 1.15. The van der Waals surface area contributed by atoms with Crippen molar-refractivity contribution in [3.8, 4) is 11.5 Å². The van der Waals surface area contributed by atoms with Crippen LogP contribution in [0.3, 0.4) is 0 Å². The van der Waals surface area contributed by atoms with Gasteiger partial charge in [0.1, 0.15) is 6.10 Å². The van der Waals surface area contributed by atoms with Gasteiger partial charge >= 0.3 is 0 Å². The van der Waals surface area contributed by atoms with Crippen LogP contribution in [0.15, 0.2) is 42.5 Å². The molecule has 1 aliphatic heterocycles. The van der Waals surface area contributed by atoms with Crippen molar-refractivity contribution in [2.45, 2.75) is 19.1 Å². The first-order valence-corrected chi connectivity index (χ1v) is 9.52. The van der Waals surface area contributed by atoms with E-state index in [1.165, 1.54) is 0 Å². The molecule has 0 spiro atoms. The molecule has 2 atom stereocenters. The van der Waals surface area contributed by atoms with Crippen molar-refractivity contribution in [2.24, 2.45) is 0 Å². The molecule has 1 saturated heterocycles. The summed E-state index contributed by atoms with van der Waals surface area (Å²) in [6, 6.07) is 13.6. The van der Waals surface area contributed by atoms with Crippen molar-refractivity contribution in [3.63, 3.8) is 0 Å². The van der Waals surface area contributed by atoms with Crippen molar-refractivity contribution in [1.82, 2.24) is 4.90 Å². The van der Waals surface area contributed by atoms with Gasteiger partial charge in [-0.25, -0.2) is 0 Å². The van der Waals surface area contributed by atoms with Crippen LogP contribution in [0.5, 0.6) is 11.5 Å². The number of carbonyl (C=O) groups excluding carboxylic acids is 1. The van der Waals surface area contributed by atoms with Gasteiger partial charge in [0.2, 0.25) is 0 Å². The average Bonchev–Trinajstić information content (AvgIpc) is 2.67. The zero-order valence-corrected chi connectivity index (χ0v) is 17.2. The van der Waals surface area contributed by atoms with Gasteiger partial charge in [-0.05, 0) is 47.2 Å². The Morgan fingerprint density at radius 3 is 2.42 bits per heavy atom. The van der Waals surface area contributed by atoms with Gasteiger partial charge in [-0.1, -0.05) is 30.3 Å². The highest BCUT2D eigenvalue weighted by Gasteiger charge is 2.31. The van der Waals surface area contributed by atoms with Crippen molar-refractivity contribution in [1.29, 1.82) is 0 Å². The van der Waals surface area contributed by atoms with E-state index in [0.29, 0.717) is 30.2 Å². The van der Waals surface area contributed by atoms with E-state index in [1.54, 1.807) is 20.3 Å². The lowest BCUT2D eigenvalue weighted by Gasteiger charge is -2.37. The predicted octanol–water partition coefficient (Wildman–Crippen LogP) is 3.91. The second-order valence-corrected chi connectivity index (χ2v) is 7.41. The highest BCUT2D eigenvalue weighted by Crippen LogP contribution is 2.33. The largest absolute Gasteiger partial charge is 0.493 e. The maximum absolute atomic E-state index is 13.2. The average molecular weight is 467 g/mol. The highest BCUT2D eigenvalue weighted by atomic mass is 127. The van der Waals surface area contributed by atoms with E-state index >= 15 is 0 Å². The first-order valence-electron chi connectivity index (χ1n) is 8.44. The summed E-state index contributed by atoms with van der Waals surface area (Å²) in [5, 5.41) is 0. The minimum absolute atomic E-state index is 0.0218. The van der Waals surface area contributed by atoms with Crippen LogP contribution in [0.1, 0.15) is 28.9 Å². The van der Waals surface area contributed by atoms with E-state index in [1.807, 2.05) is 48.2 Å². The van der Waals surface area contributed by atoms with Crippen LogP contribution in [-0.4, -0.2) is 44.2 Å². The maximum atomic E-state index is 13.2. The number of rotatable bonds is 4. The Bertz CT molecular complexity index is 781. The molecule has 0 saturated carbocycles. The molecule has 5 nitrogen and oxygen atoms in total. The molecular formula is C20H22INO4. The normalized spacial score (nSPS) is 19.9. The Morgan fingerprint density at radius 1 is 1.12 bits per heavy atom. The Hall–Kier alpha value is -1.80. The van der Waals surface area contributed by atoms with Crippen LogP contribution in [0.25, 0.3) is 0 Å². The molecule has 0 aliphatic carbocycles. The van der Waals surface area contributed by atoms with Crippen LogP contribution in [-0.2, 0) is 4.74 Å². The zero-order valence-electron chi connectivity index (χ0n) is 15.1. The quantitative estimate of drug-likeness (QED) is 0.640. The summed E-state index contributed by atoms with van der Waals surface area (Å²) in [4.78, 5) is 15.0. The van der Waals surface area contributed by atoms with Crippen LogP contribution >= 0.6 is 22.6 Å². The van der Waals surface area contributed by atoms with E-state index in [9.17, 15) is 4.79 Å². The molecule has 0 N–H and O–H groups in total. The molecule has 1 heterocycles. The molecule has 2 unspecified atom stereocenters. The third-order valence-electron chi connectivity index (χ3n) is 4.42. The highest BCUT2D eigenvalue weighted by molar-refractivity contribution is 14.1. The third-order valence-corrected chi connectivity index (χ3v) is 5.31. The van der Waals surface area contributed by atoms with Gasteiger partial charge in [-0.2, -0.15) is 0 Å². The number of halogens is 1. The minimum Gasteiger partial charge on any atom is -0.493 e. The third kappa shape index (κ3) is 3.96. The fourth-order valence-corrected chi connectivity index (χ4v) is 3.83. The fourth-order valence-electron chi connectivity index (χ4n) is 3.16. The SMILES string of the molecule is COc1cc(I)c(C(=O)N2CC(C)OC(c3ccccc3)C2)cc1OC. The Morgan fingerprint density at radius 2 is 1.77 bits per heavy atom. The van der Waals surface area contributed by atoms with Gasteiger partial charge < -0.3 is 19.1 Å². The molecule has 0 bridgehead atoms. The Balaban J connectivity index is 1.87. The van der Waals surface area contributed by atoms with Crippen molar-refractivity contribution in [2.75, 3.05) is 27.3 Å². The van der Waals surface area contributed by atoms with Crippen LogP contribution in [0.4, 0.5) is 0 Å². The molecule has 1 amide bonds. The number of methoxy groups -OCH3 is 2. The van der Waals surface area contributed by atoms with E-state index in [0.717, 1.165) is 9.13 Å². The van der Waals surface area contributed by atoms with E-state index in [2.05, 4.69) is 22.6 Å². The molecule has 6 heteroatoms. The summed E-state index contributed by atoms with van der Waals surface area (Å²) >= 11 is 2.16. The second-order valence-electron chi connectivity index (χ2n) is 6.24. The van der Waals surface area contributed by atoms with Crippen LogP contribution in [0, 0.1) is 3.57 Å². The van der Waals surface area contributed by atoms with Gasteiger partial charge in [-0.3, -0.25) is 4.79 Å². The number of nitrogens with zero attached hydrogens (tertiary/aromatic N) is 1. The molecular weight excluding hydrogens is 445 g/mol. The lowest BCUT2D eigenvalue weighted by molar-refractivity contribution is -0.0692. The van der Waals surface area contributed by atoms with Crippen LogP contribution in [0.2, 0.25) is 0 Å². The summed E-state index contributed by atoms with van der Waals surface area (Å²) in [5.41, 5.74) is 1.70. The predicted molar refractivity (Wildman–Crippen MR) is 108 cm³/mol. The molecule has 2 aromatic rings. The van der Waals surface area contributed by atoms with Gasteiger partial charge in [-0.15, -0.1) is 0 Å². The molecule has 0 aromatic heterocycles. The maximum Gasteiger partial charge on any atom is 0.255 e. The van der Waals surface area contributed by atoms with Gasteiger partial charge in [0.05, 0.1) is 32.4 Å². The monoisotopic (exact) mass is 467 g/mol. The zero-order chi connectivity index (χ0) is 18.7. The van der Waals surface area contributed by atoms with E-state index in [-0.39, 0.29) is 18.1 Å². The lowest BCUT2D eigenvalue weighted by Crippen LogP contribution is -2.46. The minimum atomic E-state index is -0.123. The Labute approximate surface area is 167 Å². The Kier molecular flexibility index (Phi) is 6.03.